The van der Waals surface area contributed by atoms with E-state index in [9.17, 15) is 4.79 Å². The summed E-state index contributed by atoms with van der Waals surface area (Å²) in [6, 6.07) is 5.93. The van der Waals surface area contributed by atoms with Gasteiger partial charge in [-0.15, -0.1) is 0 Å². The van der Waals surface area contributed by atoms with Crippen LogP contribution in [0.25, 0.3) is 0 Å². The van der Waals surface area contributed by atoms with Gasteiger partial charge in [0.25, 0.3) is 0 Å². The summed E-state index contributed by atoms with van der Waals surface area (Å²) >= 11 is 0. The molecule has 0 aliphatic heterocycles. The Labute approximate surface area is 124 Å². The number of ether oxygens (including phenoxy) is 1. The third kappa shape index (κ3) is 3.49. The van der Waals surface area contributed by atoms with Crippen LogP contribution in [-0.4, -0.2) is 18.1 Å². The number of hydrogen-bond acceptors (Lipinski definition) is 5. The van der Waals surface area contributed by atoms with Gasteiger partial charge in [-0.2, -0.15) is 0 Å². The van der Waals surface area contributed by atoms with Gasteiger partial charge in [-0.1, -0.05) is 0 Å². The summed E-state index contributed by atoms with van der Waals surface area (Å²) in [5.41, 5.74) is 1.93. The Bertz CT molecular complexity index is 607. The number of pyridine rings is 1. The molecule has 5 heteroatoms. The van der Waals surface area contributed by atoms with Crippen molar-refractivity contribution in [2.45, 2.75) is 32.9 Å². The molecule has 112 valence electrons. The third-order valence-electron chi connectivity index (χ3n) is 3.44. The van der Waals surface area contributed by atoms with Crippen LogP contribution in [0, 0.1) is 6.92 Å². The molecule has 0 bridgehead atoms. The Balaban J connectivity index is 2.10. The molecule has 2 heterocycles. The Morgan fingerprint density at radius 1 is 1.29 bits per heavy atom. The van der Waals surface area contributed by atoms with Crippen molar-refractivity contribution >= 4 is 5.97 Å². The minimum absolute atomic E-state index is 0.0229. The van der Waals surface area contributed by atoms with Gasteiger partial charge in [-0.25, -0.2) is 4.79 Å². The number of nitrogens with one attached hydrogen (secondary N) is 1. The minimum Gasteiger partial charge on any atom is -0.463 e. The van der Waals surface area contributed by atoms with E-state index in [2.05, 4.69) is 17.2 Å². The molecule has 0 amide bonds. The van der Waals surface area contributed by atoms with Gasteiger partial charge in [0.05, 0.1) is 13.2 Å². The van der Waals surface area contributed by atoms with Crippen LogP contribution in [0.15, 0.2) is 35.0 Å². The summed E-state index contributed by atoms with van der Waals surface area (Å²) in [4.78, 5) is 15.6. The topological polar surface area (TPSA) is 64.4 Å². The minimum atomic E-state index is -0.451. The number of carbonyl (C=O) groups is 1. The van der Waals surface area contributed by atoms with Gasteiger partial charge in [-0.05, 0) is 44.5 Å². The van der Waals surface area contributed by atoms with E-state index in [1.54, 1.807) is 12.4 Å². The molecule has 0 saturated heterocycles. The highest BCUT2D eigenvalue weighted by atomic mass is 16.5. The van der Waals surface area contributed by atoms with Crippen molar-refractivity contribution in [3.05, 3.63) is 53.2 Å². The first-order chi connectivity index (χ1) is 10.0. The van der Waals surface area contributed by atoms with Gasteiger partial charge in [0, 0.05) is 24.0 Å². The Morgan fingerprint density at radius 3 is 2.57 bits per heavy atom. The lowest BCUT2D eigenvalue weighted by Crippen LogP contribution is -2.22. The maximum atomic E-state index is 11.6. The van der Waals surface area contributed by atoms with Crippen molar-refractivity contribution in [1.29, 1.82) is 0 Å². The van der Waals surface area contributed by atoms with Crippen LogP contribution in [0.5, 0.6) is 0 Å². The molecule has 0 radical (unpaired) electrons. The van der Waals surface area contributed by atoms with Crippen LogP contribution in [0.3, 0.4) is 0 Å². The molecule has 0 unspecified atom stereocenters. The fourth-order valence-electron chi connectivity index (χ4n) is 2.22. The summed E-state index contributed by atoms with van der Waals surface area (Å²) in [6.45, 7) is 5.90. The Kier molecular flexibility index (Phi) is 4.75. The molecule has 5 nitrogen and oxygen atoms in total. The zero-order valence-corrected chi connectivity index (χ0v) is 12.7. The second-order valence-corrected chi connectivity index (χ2v) is 5.04. The molecule has 0 aromatic carbocycles. The highest BCUT2D eigenvalue weighted by Crippen LogP contribution is 2.24. The first-order valence-electron chi connectivity index (χ1n) is 6.87. The molecule has 0 aliphatic rings. The molecular formula is C16H20N2O3. The number of aryl methyl sites for hydroxylation is 1. The zero-order chi connectivity index (χ0) is 15.4. The molecule has 2 aromatic heterocycles. The lowest BCUT2D eigenvalue weighted by atomic mass is 10.1. The van der Waals surface area contributed by atoms with Gasteiger partial charge in [-0.3, -0.25) is 4.98 Å². The first kappa shape index (κ1) is 15.3. The average Bonchev–Trinajstić information content (AvgIpc) is 2.89. The lowest BCUT2D eigenvalue weighted by Gasteiger charge is -2.18. The summed E-state index contributed by atoms with van der Waals surface area (Å²) in [5, 5.41) is 3.44. The van der Waals surface area contributed by atoms with E-state index in [1.807, 2.05) is 32.0 Å². The molecule has 2 atom stereocenters. The van der Waals surface area contributed by atoms with Gasteiger partial charge < -0.3 is 14.5 Å². The van der Waals surface area contributed by atoms with E-state index < -0.39 is 5.97 Å². The lowest BCUT2D eigenvalue weighted by molar-refractivity contribution is 0.0561. The van der Waals surface area contributed by atoms with Crippen molar-refractivity contribution in [1.82, 2.24) is 10.3 Å². The van der Waals surface area contributed by atoms with Crippen LogP contribution in [0.4, 0.5) is 0 Å². The number of rotatable bonds is 5. The quantitative estimate of drug-likeness (QED) is 0.856. The SMILES string of the molecule is COC(=O)c1oc([C@H](C)N[C@H](C)c2ccncc2)cc1C. The van der Waals surface area contributed by atoms with E-state index in [-0.39, 0.29) is 17.8 Å². The predicted octanol–water partition coefficient (Wildman–Crippen LogP) is 3.18. The van der Waals surface area contributed by atoms with Crippen molar-refractivity contribution in [2.75, 3.05) is 7.11 Å². The molecule has 2 aromatic rings. The second kappa shape index (κ2) is 6.54. The van der Waals surface area contributed by atoms with Crippen molar-refractivity contribution in [3.63, 3.8) is 0 Å². The molecular weight excluding hydrogens is 268 g/mol. The average molecular weight is 288 g/mol. The fraction of sp³-hybridized carbons (Fsp3) is 0.375. The zero-order valence-electron chi connectivity index (χ0n) is 12.7. The van der Waals surface area contributed by atoms with Crippen LogP contribution in [-0.2, 0) is 4.74 Å². The van der Waals surface area contributed by atoms with Gasteiger partial charge in [0.15, 0.2) is 0 Å². The fourth-order valence-corrected chi connectivity index (χ4v) is 2.22. The highest BCUT2D eigenvalue weighted by Gasteiger charge is 2.20. The van der Waals surface area contributed by atoms with Gasteiger partial charge in [0.2, 0.25) is 5.76 Å². The number of furan rings is 1. The van der Waals surface area contributed by atoms with E-state index in [0.717, 1.165) is 11.1 Å². The predicted molar refractivity (Wildman–Crippen MR) is 79.0 cm³/mol. The number of aromatic nitrogens is 1. The maximum absolute atomic E-state index is 11.6. The van der Waals surface area contributed by atoms with E-state index in [1.165, 1.54) is 7.11 Å². The van der Waals surface area contributed by atoms with Gasteiger partial charge >= 0.3 is 5.97 Å². The molecule has 21 heavy (non-hydrogen) atoms. The second-order valence-electron chi connectivity index (χ2n) is 5.04. The van der Waals surface area contributed by atoms with Crippen LogP contribution < -0.4 is 5.32 Å². The molecule has 1 N–H and O–H groups in total. The standard InChI is InChI=1S/C16H20N2O3/c1-10-9-14(21-15(10)16(19)20-4)12(3)18-11(2)13-5-7-17-8-6-13/h5-9,11-12,18H,1-4H3/t11-,12+/m1/s1. The number of carbonyl (C=O) groups excluding carboxylic acids is 1. The van der Waals surface area contributed by atoms with Crippen LogP contribution >= 0.6 is 0 Å². The van der Waals surface area contributed by atoms with E-state index in [4.69, 9.17) is 9.15 Å². The monoisotopic (exact) mass is 288 g/mol. The van der Waals surface area contributed by atoms with Crippen molar-refractivity contribution < 1.29 is 13.9 Å². The summed E-state index contributed by atoms with van der Waals surface area (Å²) in [7, 11) is 1.34. The largest absolute Gasteiger partial charge is 0.463 e. The molecule has 0 aliphatic carbocycles. The maximum Gasteiger partial charge on any atom is 0.374 e. The number of hydrogen-bond donors (Lipinski definition) is 1. The molecule has 0 spiro atoms. The molecule has 0 saturated carbocycles. The van der Waals surface area contributed by atoms with Crippen LogP contribution in [0.2, 0.25) is 0 Å². The first-order valence-corrected chi connectivity index (χ1v) is 6.87. The van der Waals surface area contributed by atoms with E-state index in [0.29, 0.717) is 5.76 Å². The normalized spacial score (nSPS) is 13.7. The summed E-state index contributed by atoms with van der Waals surface area (Å²) in [5.74, 6) is 0.527. The summed E-state index contributed by atoms with van der Waals surface area (Å²) < 4.78 is 10.3. The van der Waals surface area contributed by atoms with Gasteiger partial charge in [0.1, 0.15) is 5.76 Å². The summed E-state index contributed by atoms with van der Waals surface area (Å²) in [6.07, 6.45) is 3.54. The Morgan fingerprint density at radius 2 is 1.95 bits per heavy atom. The van der Waals surface area contributed by atoms with Crippen molar-refractivity contribution in [2.24, 2.45) is 0 Å². The van der Waals surface area contributed by atoms with Crippen LogP contribution in [0.1, 0.15) is 53.4 Å². The van der Waals surface area contributed by atoms with E-state index >= 15 is 0 Å². The van der Waals surface area contributed by atoms with Crippen molar-refractivity contribution in [3.8, 4) is 0 Å². The molecule has 0 fully saturated rings. The third-order valence-corrected chi connectivity index (χ3v) is 3.44. The Hall–Kier alpha value is -2.14. The number of nitrogens with zero attached hydrogens (tertiary/aromatic N) is 1. The number of esters is 1. The smallest absolute Gasteiger partial charge is 0.374 e. The molecule has 2 rings (SSSR count). The highest BCUT2D eigenvalue weighted by molar-refractivity contribution is 5.87. The number of methoxy groups -OCH3 is 1.